The Morgan fingerprint density at radius 3 is 2.30 bits per heavy atom. The van der Waals surface area contributed by atoms with E-state index in [1.165, 1.54) is 0 Å². The Morgan fingerprint density at radius 1 is 1.20 bits per heavy atom. The third kappa shape index (κ3) is 5.79. The second-order valence-corrected chi connectivity index (χ2v) is 5.18. The fourth-order valence-corrected chi connectivity index (χ4v) is 1.72. The number of hydrogen-bond donors (Lipinski definition) is 3. The van der Waals surface area contributed by atoms with E-state index in [0.717, 1.165) is 11.1 Å². The zero-order chi connectivity index (χ0) is 15.1. The molecule has 0 spiro atoms. The van der Waals surface area contributed by atoms with Crippen LogP contribution in [0, 0.1) is 0 Å². The van der Waals surface area contributed by atoms with Gasteiger partial charge in [-0.05, 0) is 19.4 Å². The number of rotatable bonds is 6. The lowest BCUT2D eigenvalue weighted by atomic mass is 10.1. The van der Waals surface area contributed by atoms with Crippen molar-refractivity contribution in [1.82, 2.24) is 10.6 Å². The van der Waals surface area contributed by atoms with Crippen molar-refractivity contribution in [2.75, 3.05) is 6.54 Å². The number of nitrogens with two attached hydrogens (primary N) is 1. The van der Waals surface area contributed by atoms with Crippen molar-refractivity contribution < 1.29 is 9.59 Å². The summed E-state index contributed by atoms with van der Waals surface area (Å²) in [7, 11) is 0. The molecule has 0 aliphatic rings. The summed E-state index contributed by atoms with van der Waals surface area (Å²) in [5.74, 6) is -0.399. The molecule has 0 bridgehead atoms. The second kappa shape index (κ2) is 7.59. The van der Waals surface area contributed by atoms with Gasteiger partial charge in [-0.2, -0.15) is 0 Å². The third-order valence-corrected chi connectivity index (χ3v) is 2.73. The van der Waals surface area contributed by atoms with Crippen LogP contribution in [0.1, 0.15) is 25.0 Å². The van der Waals surface area contributed by atoms with E-state index in [0.29, 0.717) is 4.99 Å². The van der Waals surface area contributed by atoms with Crippen LogP contribution in [0.2, 0.25) is 0 Å². The summed E-state index contributed by atoms with van der Waals surface area (Å²) in [4.78, 5) is 23.4. The molecular weight excluding hydrogens is 274 g/mol. The molecule has 1 aromatic rings. The predicted molar refractivity (Wildman–Crippen MR) is 82.3 cm³/mol. The molecule has 1 rings (SSSR count). The van der Waals surface area contributed by atoms with Crippen molar-refractivity contribution in [1.29, 1.82) is 0 Å². The molecule has 0 saturated heterocycles. The maximum Gasteiger partial charge on any atom is 0.239 e. The van der Waals surface area contributed by atoms with Gasteiger partial charge >= 0.3 is 0 Å². The van der Waals surface area contributed by atoms with E-state index in [1.54, 1.807) is 24.3 Å². The lowest BCUT2D eigenvalue weighted by molar-refractivity contribution is -0.126. The van der Waals surface area contributed by atoms with Gasteiger partial charge in [0.05, 0.1) is 13.0 Å². The molecule has 0 radical (unpaired) electrons. The zero-order valence-electron chi connectivity index (χ0n) is 11.6. The van der Waals surface area contributed by atoms with Gasteiger partial charge in [-0.15, -0.1) is 0 Å². The Morgan fingerprint density at radius 2 is 1.80 bits per heavy atom. The zero-order valence-corrected chi connectivity index (χ0v) is 12.4. The molecule has 5 nitrogen and oxygen atoms in total. The van der Waals surface area contributed by atoms with Gasteiger partial charge in [0.15, 0.2) is 0 Å². The summed E-state index contributed by atoms with van der Waals surface area (Å²) in [5, 5.41) is 5.27. The normalized spacial score (nSPS) is 10.2. The minimum Gasteiger partial charge on any atom is -0.389 e. The minimum atomic E-state index is -0.202. The Kier molecular flexibility index (Phi) is 6.11. The van der Waals surface area contributed by atoms with Gasteiger partial charge in [0, 0.05) is 11.6 Å². The number of amides is 2. The van der Waals surface area contributed by atoms with Crippen molar-refractivity contribution in [2.45, 2.75) is 26.3 Å². The first-order chi connectivity index (χ1) is 9.38. The third-order valence-electron chi connectivity index (χ3n) is 2.50. The van der Waals surface area contributed by atoms with Gasteiger partial charge in [-0.3, -0.25) is 9.59 Å². The molecule has 4 N–H and O–H groups in total. The van der Waals surface area contributed by atoms with Gasteiger partial charge < -0.3 is 16.4 Å². The standard InChI is InChI=1S/C14H19N3O2S/c1-9(2)17-13(19)8-16-12(18)7-10-3-5-11(6-4-10)14(15)20/h3-6,9H,7-8H2,1-2H3,(H2,15,20)(H,16,18)(H,17,19). The van der Waals surface area contributed by atoms with Crippen LogP contribution in [0.25, 0.3) is 0 Å². The average Bonchev–Trinajstić information content (AvgIpc) is 2.36. The van der Waals surface area contributed by atoms with Crippen LogP contribution in [0.5, 0.6) is 0 Å². The van der Waals surface area contributed by atoms with E-state index >= 15 is 0 Å². The topological polar surface area (TPSA) is 84.2 Å². The van der Waals surface area contributed by atoms with E-state index in [4.69, 9.17) is 18.0 Å². The van der Waals surface area contributed by atoms with Crippen LogP contribution in [0.3, 0.4) is 0 Å². The molecule has 0 saturated carbocycles. The molecule has 20 heavy (non-hydrogen) atoms. The molecule has 6 heteroatoms. The van der Waals surface area contributed by atoms with E-state index < -0.39 is 0 Å². The van der Waals surface area contributed by atoms with Gasteiger partial charge in [-0.1, -0.05) is 36.5 Å². The van der Waals surface area contributed by atoms with Crippen molar-refractivity contribution >= 4 is 29.0 Å². The highest BCUT2D eigenvalue weighted by molar-refractivity contribution is 7.80. The van der Waals surface area contributed by atoms with Crippen LogP contribution >= 0.6 is 12.2 Å². The summed E-state index contributed by atoms with van der Waals surface area (Å²) in [6.45, 7) is 3.72. The lowest BCUT2D eigenvalue weighted by Crippen LogP contribution is -2.40. The van der Waals surface area contributed by atoms with E-state index in [2.05, 4.69) is 10.6 Å². The molecule has 0 aliphatic heterocycles. The first kappa shape index (κ1) is 16.1. The quantitative estimate of drug-likeness (QED) is 0.667. The number of nitrogens with one attached hydrogen (secondary N) is 2. The monoisotopic (exact) mass is 293 g/mol. The number of thiocarbonyl (C=S) groups is 1. The summed E-state index contributed by atoms with van der Waals surface area (Å²) in [5.41, 5.74) is 7.10. The van der Waals surface area contributed by atoms with Crippen LogP contribution < -0.4 is 16.4 Å². The van der Waals surface area contributed by atoms with Crippen molar-refractivity contribution in [3.05, 3.63) is 35.4 Å². The minimum absolute atomic E-state index is 0.0119. The SMILES string of the molecule is CC(C)NC(=O)CNC(=O)Cc1ccc(C(N)=S)cc1. The van der Waals surface area contributed by atoms with Gasteiger partial charge in [0.1, 0.15) is 4.99 Å². The molecule has 108 valence electrons. The smallest absolute Gasteiger partial charge is 0.239 e. The number of benzene rings is 1. The number of carbonyl (C=O) groups is 2. The van der Waals surface area contributed by atoms with Crippen molar-refractivity contribution in [3.63, 3.8) is 0 Å². The molecule has 0 atom stereocenters. The largest absolute Gasteiger partial charge is 0.389 e. The highest BCUT2D eigenvalue weighted by atomic mass is 32.1. The maximum atomic E-state index is 11.7. The molecule has 0 fully saturated rings. The molecule has 0 aliphatic carbocycles. The molecule has 2 amide bonds. The summed E-state index contributed by atoms with van der Waals surface area (Å²) in [6.07, 6.45) is 0.215. The molecule has 0 aromatic heterocycles. The maximum absolute atomic E-state index is 11.7. The second-order valence-electron chi connectivity index (χ2n) is 4.74. The fraction of sp³-hybridized carbons (Fsp3) is 0.357. The Hall–Kier alpha value is -1.95. The van der Waals surface area contributed by atoms with Gasteiger partial charge in [-0.25, -0.2) is 0 Å². The fourth-order valence-electron chi connectivity index (χ4n) is 1.59. The van der Waals surface area contributed by atoms with E-state index in [9.17, 15) is 9.59 Å². The Balaban J connectivity index is 2.42. The first-order valence-electron chi connectivity index (χ1n) is 6.33. The first-order valence-corrected chi connectivity index (χ1v) is 6.74. The lowest BCUT2D eigenvalue weighted by Gasteiger charge is -2.09. The molecular formula is C14H19N3O2S. The Bertz CT molecular complexity index is 498. The Labute approximate surface area is 123 Å². The van der Waals surface area contributed by atoms with Gasteiger partial charge in [0.25, 0.3) is 0 Å². The number of carbonyl (C=O) groups excluding carboxylic acids is 2. The van der Waals surface area contributed by atoms with Gasteiger partial charge in [0.2, 0.25) is 11.8 Å². The summed E-state index contributed by atoms with van der Waals surface area (Å²) >= 11 is 4.85. The van der Waals surface area contributed by atoms with Crippen molar-refractivity contribution in [3.8, 4) is 0 Å². The number of hydrogen-bond acceptors (Lipinski definition) is 3. The molecule has 0 unspecified atom stereocenters. The van der Waals surface area contributed by atoms with Crippen LogP contribution in [-0.2, 0) is 16.0 Å². The predicted octanol–water partition coefficient (Wildman–Crippen LogP) is 0.504. The van der Waals surface area contributed by atoms with Crippen LogP contribution in [-0.4, -0.2) is 29.4 Å². The van der Waals surface area contributed by atoms with Crippen LogP contribution in [0.4, 0.5) is 0 Å². The summed E-state index contributed by atoms with van der Waals surface area (Å²) in [6, 6.07) is 7.20. The highest BCUT2D eigenvalue weighted by Crippen LogP contribution is 2.05. The van der Waals surface area contributed by atoms with Crippen molar-refractivity contribution in [2.24, 2.45) is 5.73 Å². The summed E-state index contributed by atoms with van der Waals surface area (Å²) < 4.78 is 0. The van der Waals surface area contributed by atoms with Crippen LogP contribution in [0.15, 0.2) is 24.3 Å². The molecule has 1 aromatic carbocycles. The van der Waals surface area contributed by atoms with E-state index in [-0.39, 0.29) is 30.8 Å². The van der Waals surface area contributed by atoms with E-state index in [1.807, 2.05) is 13.8 Å². The highest BCUT2D eigenvalue weighted by Gasteiger charge is 2.07. The average molecular weight is 293 g/mol. The molecule has 0 heterocycles.